The van der Waals surface area contributed by atoms with Crippen molar-refractivity contribution in [2.75, 3.05) is 23.7 Å². The van der Waals surface area contributed by atoms with Crippen molar-refractivity contribution in [3.05, 3.63) is 63.5 Å². The Labute approximate surface area is 196 Å². The van der Waals surface area contributed by atoms with Gasteiger partial charge in [-0.3, -0.25) is 4.79 Å². The van der Waals surface area contributed by atoms with Crippen LogP contribution in [0.5, 0.6) is 0 Å². The number of carbonyl (C=O) groups is 1. The van der Waals surface area contributed by atoms with Crippen molar-refractivity contribution >= 4 is 45.9 Å². The number of carbonyl (C=O) groups excluding carboxylic acids is 1. The van der Waals surface area contributed by atoms with Gasteiger partial charge in [-0.15, -0.1) is 0 Å². The lowest BCUT2D eigenvalue weighted by molar-refractivity contribution is 0.0956. The van der Waals surface area contributed by atoms with Gasteiger partial charge in [-0.2, -0.15) is 0 Å². The maximum Gasteiger partial charge on any atom is 0.492 e. The van der Waals surface area contributed by atoms with E-state index in [1.165, 1.54) is 6.07 Å². The Hall–Kier alpha value is -3.04. The van der Waals surface area contributed by atoms with Crippen LogP contribution in [0.2, 0.25) is 0 Å². The fourth-order valence-electron chi connectivity index (χ4n) is 3.18. The molecule has 0 bridgehead atoms. The number of nitrogens with one attached hydrogen (secondary N) is 3. The quantitative estimate of drug-likeness (QED) is 0.142. The average molecular weight is 523 g/mol. The fourth-order valence-corrected chi connectivity index (χ4v) is 3.56. The van der Waals surface area contributed by atoms with Crippen molar-refractivity contribution in [2.45, 2.75) is 13.2 Å². The number of halogens is 2. The lowest BCUT2D eigenvalue weighted by Crippen LogP contribution is -2.38. The molecule has 1 aliphatic rings. The first-order valence-electron chi connectivity index (χ1n) is 9.72. The molecule has 0 saturated carbocycles. The smallest absolute Gasteiger partial charge is 0.423 e. The van der Waals surface area contributed by atoms with Crippen LogP contribution in [0.1, 0.15) is 21.6 Å². The van der Waals surface area contributed by atoms with Crippen LogP contribution in [-0.2, 0) is 17.8 Å². The molecule has 0 saturated heterocycles. The maximum atomic E-state index is 13.3. The molecule has 1 aliphatic heterocycles. The van der Waals surface area contributed by atoms with Crippen LogP contribution in [0, 0.1) is 5.82 Å². The van der Waals surface area contributed by atoms with Crippen LogP contribution >= 0.6 is 15.9 Å². The third-order valence-electron chi connectivity index (χ3n) is 4.72. The van der Waals surface area contributed by atoms with Crippen molar-refractivity contribution in [3.8, 4) is 0 Å². The number of hydrogen-bond acceptors (Lipinski definition) is 10. The number of benzene rings is 2. The number of amides is 1. The number of nitrogens with zero attached hydrogens (tertiary/aromatic N) is 2. The summed E-state index contributed by atoms with van der Waals surface area (Å²) >= 11 is 3.14. The molecule has 1 aromatic heterocycles. The van der Waals surface area contributed by atoms with E-state index in [2.05, 4.69) is 48.1 Å². The van der Waals surface area contributed by atoms with Crippen LogP contribution in [0.4, 0.5) is 15.9 Å². The minimum Gasteiger partial charge on any atom is -0.423 e. The third kappa shape index (κ3) is 6.06. The molecular formula is C19H21BBrFN6O5. The summed E-state index contributed by atoms with van der Waals surface area (Å²) in [4.78, 5) is 12.5. The standard InChI is InChI=1S/C19H18BBrFN5O4.H3NO/c21-14-8-12(4-5-15(14)22)25-9-16-18(27-31-26-16)23-6-7-24-19(28)13-3-1-2-11-10-30-20(29)17(11)13;1-2/h1-5,8,25,29H,6-7,9-10H2,(H,23,27)(H,24,28);2H,1H2. The molecule has 0 aliphatic carbocycles. The van der Waals surface area contributed by atoms with Gasteiger partial charge in [0.1, 0.15) is 11.5 Å². The normalized spacial score (nSPS) is 12.0. The Bertz CT molecular complexity index is 1100. The van der Waals surface area contributed by atoms with Gasteiger partial charge < -0.3 is 30.8 Å². The van der Waals surface area contributed by atoms with E-state index in [0.29, 0.717) is 52.3 Å². The van der Waals surface area contributed by atoms with Crippen LogP contribution in [-0.4, -0.2) is 46.7 Å². The van der Waals surface area contributed by atoms with Crippen molar-refractivity contribution in [1.29, 1.82) is 0 Å². The summed E-state index contributed by atoms with van der Waals surface area (Å²) < 4.78 is 23.6. The monoisotopic (exact) mass is 522 g/mol. The summed E-state index contributed by atoms with van der Waals surface area (Å²) in [5.41, 5.74) is 2.94. The zero-order valence-electron chi connectivity index (χ0n) is 17.2. The minimum atomic E-state index is -1.09. The van der Waals surface area contributed by atoms with Gasteiger partial charge in [0.2, 0.25) is 0 Å². The summed E-state index contributed by atoms with van der Waals surface area (Å²) in [5.74, 6) is 3.29. The molecule has 0 atom stereocenters. The van der Waals surface area contributed by atoms with Crippen molar-refractivity contribution < 1.29 is 28.7 Å². The van der Waals surface area contributed by atoms with Crippen LogP contribution in [0.15, 0.2) is 45.5 Å². The fraction of sp³-hybridized carbons (Fsp3) is 0.211. The van der Waals surface area contributed by atoms with Gasteiger partial charge in [0.15, 0.2) is 5.82 Å². The Morgan fingerprint density at radius 1 is 1.21 bits per heavy atom. The van der Waals surface area contributed by atoms with Crippen molar-refractivity contribution in [1.82, 2.24) is 15.6 Å². The number of nitrogens with two attached hydrogens (primary N) is 1. The zero-order chi connectivity index (χ0) is 23.8. The second-order valence-corrected chi connectivity index (χ2v) is 7.62. The van der Waals surface area contributed by atoms with Crippen LogP contribution in [0.3, 0.4) is 0 Å². The lowest BCUT2D eigenvalue weighted by atomic mass is 9.76. The molecule has 0 unspecified atom stereocenters. The Morgan fingerprint density at radius 2 is 2.03 bits per heavy atom. The first-order valence-corrected chi connectivity index (χ1v) is 10.5. The average Bonchev–Trinajstić information content (AvgIpc) is 3.45. The first kappa shape index (κ1) is 24.6. The Kier molecular flexibility index (Phi) is 8.74. The lowest BCUT2D eigenvalue weighted by Gasteiger charge is -2.10. The second kappa shape index (κ2) is 11.7. The van der Waals surface area contributed by atoms with Gasteiger partial charge >= 0.3 is 7.12 Å². The van der Waals surface area contributed by atoms with Crippen molar-refractivity contribution in [2.24, 2.45) is 5.90 Å². The maximum absolute atomic E-state index is 13.3. The van der Waals surface area contributed by atoms with Crippen molar-refractivity contribution in [3.63, 3.8) is 0 Å². The SMILES string of the molecule is NO.O=C(NCCNc1nonc1CNc1ccc(F)c(Br)c1)c1cccc2c1B(O)OC2. The molecule has 11 nitrogen and oxygen atoms in total. The minimum absolute atomic E-state index is 0.282. The highest BCUT2D eigenvalue weighted by Gasteiger charge is 2.31. The summed E-state index contributed by atoms with van der Waals surface area (Å²) in [7, 11) is -1.09. The van der Waals surface area contributed by atoms with E-state index in [4.69, 9.17) is 14.5 Å². The van der Waals surface area contributed by atoms with E-state index in [1.807, 2.05) is 6.07 Å². The highest BCUT2D eigenvalue weighted by Crippen LogP contribution is 2.21. The van der Waals surface area contributed by atoms with Gasteiger partial charge in [-0.25, -0.2) is 14.9 Å². The van der Waals surface area contributed by atoms with E-state index in [9.17, 15) is 14.2 Å². The number of fused-ring (bicyclic) bond motifs is 1. The second-order valence-electron chi connectivity index (χ2n) is 6.77. The Morgan fingerprint density at radius 3 is 2.82 bits per heavy atom. The molecule has 4 rings (SSSR count). The number of hydrogen-bond donors (Lipinski definition) is 6. The van der Waals surface area contributed by atoms with Gasteiger partial charge in [-0.1, -0.05) is 17.3 Å². The number of anilines is 2. The molecular weight excluding hydrogens is 502 g/mol. The summed E-state index contributed by atoms with van der Waals surface area (Å²) in [6.45, 7) is 1.28. The molecule has 174 valence electrons. The molecule has 1 amide bonds. The van der Waals surface area contributed by atoms with E-state index < -0.39 is 7.12 Å². The summed E-state index contributed by atoms with van der Waals surface area (Å²) in [5, 5.41) is 33.1. The van der Waals surface area contributed by atoms with Gasteiger partial charge in [0.25, 0.3) is 5.91 Å². The Balaban J connectivity index is 0.00000149. The zero-order valence-corrected chi connectivity index (χ0v) is 18.8. The molecule has 0 fully saturated rings. The number of rotatable bonds is 8. The van der Waals surface area contributed by atoms with Crippen LogP contribution < -0.4 is 27.3 Å². The van der Waals surface area contributed by atoms with E-state index >= 15 is 0 Å². The molecule has 33 heavy (non-hydrogen) atoms. The molecule has 0 spiro atoms. The van der Waals surface area contributed by atoms with E-state index in [1.54, 1.807) is 24.3 Å². The first-order chi connectivity index (χ1) is 16.0. The highest BCUT2D eigenvalue weighted by atomic mass is 79.9. The highest BCUT2D eigenvalue weighted by molar-refractivity contribution is 9.10. The molecule has 3 aromatic rings. The predicted molar refractivity (Wildman–Crippen MR) is 121 cm³/mol. The molecule has 14 heteroatoms. The predicted octanol–water partition coefficient (Wildman–Crippen LogP) is 0.977. The topological polar surface area (TPSA) is 168 Å². The molecule has 0 radical (unpaired) electrons. The molecule has 7 N–H and O–H groups in total. The molecule has 2 aromatic carbocycles. The summed E-state index contributed by atoms with van der Waals surface area (Å²) in [6, 6.07) is 9.81. The summed E-state index contributed by atoms with van der Waals surface area (Å²) in [6.07, 6.45) is 0. The largest absolute Gasteiger partial charge is 0.492 e. The number of aromatic nitrogens is 2. The van der Waals surface area contributed by atoms with Crippen LogP contribution in [0.25, 0.3) is 0 Å². The molecule has 2 heterocycles. The van der Waals surface area contributed by atoms with E-state index in [0.717, 1.165) is 5.56 Å². The van der Waals surface area contributed by atoms with Gasteiger partial charge in [0, 0.05) is 29.8 Å². The van der Waals surface area contributed by atoms with Gasteiger partial charge in [0.05, 0.1) is 17.6 Å². The van der Waals surface area contributed by atoms with Gasteiger partial charge in [-0.05, 0) is 50.9 Å². The third-order valence-corrected chi connectivity index (χ3v) is 5.33. The van der Waals surface area contributed by atoms with E-state index in [-0.39, 0.29) is 18.3 Å².